The molecule has 4 N–H and O–H groups in total. The Morgan fingerprint density at radius 2 is 1.65 bits per heavy atom. The standard InChI is InChI=1S/C25H31FN4O4/c1-2-18-3-7-20(8-4-18)23(32)29-34-17-25(11-13-30(14-12-25)22(31)15-27)24(33)28-16-19-5-9-21(26)10-6-19/h3-10H,2,11-17,27H2,1H3,(H,28,33)(H,29,32). The number of amides is 3. The van der Waals surface area contributed by atoms with Crippen LogP contribution in [0.2, 0.25) is 0 Å². The number of carbonyl (C=O) groups excluding carboxylic acids is 3. The van der Waals surface area contributed by atoms with E-state index in [1.807, 2.05) is 19.1 Å². The van der Waals surface area contributed by atoms with Gasteiger partial charge in [-0.15, -0.1) is 0 Å². The van der Waals surface area contributed by atoms with E-state index < -0.39 is 11.3 Å². The molecule has 0 spiro atoms. The van der Waals surface area contributed by atoms with Crippen molar-refractivity contribution in [1.82, 2.24) is 15.7 Å². The maximum atomic E-state index is 13.2. The first-order chi connectivity index (χ1) is 16.4. The van der Waals surface area contributed by atoms with Crippen molar-refractivity contribution < 1.29 is 23.6 Å². The number of aryl methyl sites for hydroxylation is 1. The third kappa shape index (κ3) is 6.39. The van der Waals surface area contributed by atoms with Crippen LogP contribution in [0.25, 0.3) is 0 Å². The first-order valence-corrected chi connectivity index (χ1v) is 11.4. The van der Waals surface area contributed by atoms with E-state index in [9.17, 15) is 18.8 Å². The van der Waals surface area contributed by atoms with Gasteiger partial charge in [0.25, 0.3) is 5.91 Å². The Balaban J connectivity index is 1.63. The molecule has 1 fully saturated rings. The van der Waals surface area contributed by atoms with Crippen LogP contribution in [0.4, 0.5) is 4.39 Å². The lowest BCUT2D eigenvalue weighted by atomic mass is 9.78. The number of nitrogens with one attached hydrogen (secondary N) is 2. The molecule has 3 rings (SSSR count). The summed E-state index contributed by atoms with van der Waals surface area (Å²) in [5.74, 6) is -1.18. The van der Waals surface area contributed by atoms with Crippen molar-refractivity contribution in [3.05, 3.63) is 71.0 Å². The summed E-state index contributed by atoms with van der Waals surface area (Å²) in [7, 11) is 0. The van der Waals surface area contributed by atoms with Gasteiger partial charge in [0.05, 0.1) is 18.6 Å². The summed E-state index contributed by atoms with van der Waals surface area (Å²) >= 11 is 0. The van der Waals surface area contributed by atoms with Crippen molar-refractivity contribution in [2.24, 2.45) is 11.1 Å². The second kappa shape index (κ2) is 11.7. The van der Waals surface area contributed by atoms with Crippen molar-refractivity contribution in [3.8, 4) is 0 Å². The Bertz CT molecular complexity index is 987. The highest BCUT2D eigenvalue weighted by Gasteiger charge is 2.42. The summed E-state index contributed by atoms with van der Waals surface area (Å²) in [5.41, 5.74) is 9.29. The average molecular weight is 471 g/mol. The molecule has 9 heteroatoms. The highest BCUT2D eigenvalue weighted by Crippen LogP contribution is 2.32. The summed E-state index contributed by atoms with van der Waals surface area (Å²) in [6.07, 6.45) is 1.59. The number of piperidine rings is 1. The van der Waals surface area contributed by atoms with Crippen LogP contribution in [0.1, 0.15) is 41.3 Å². The summed E-state index contributed by atoms with van der Waals surface area (Å²) in [6, 6.07) is 13.1. The maximum Gasteiger partial charge on any atom is 0.274 e. The van der Waals surface area contributed by atoms with E-state index in [1.165, 1.54) is 12.1 Å². The molecule has 2 aromatic carbocycles. The molecule has 0 radical (unpaired) electrons. The molecule has 1 saturated heterocycles. The molecule has 0 aliphatic carbocycles. The van der Waals surface area contributed by atoms with E-state index in [1.54, 1.807) is 29.2 Å². The third-order valence-corrected chi connectivity index (χ3v) is 6.23. The number of halogens is 1. The van der Waals surface area contributed by atoms with Crippen LogP contribution in [0.5, 0.6) is 0 Å². The molecule has 1 aliphatic heterocycles. The second-order valence-corrected chi connectivity index (χ2v) is 8.44. The molecule has 0 bridgehead atoms. The molecule has 0 aromatic heterocycles. The number of hydrogen-bond donors (Lipinski definition) is 3. The molecule has 0 atom stereocenters. The van der Waals surface area contributed by atoms with Crippen LogP contribution in [0, 0.1) is 11.2 Å². The molecule has 34 heavy (non-hydrogen) atoms. The fourth-order valence-corrected chi connectivity index (χ4v) is 3.91. The van der Waals surface area contributed by atoms with Crippen molar-refractivity contribution in [3.63, 3.8) is 0 Å². The Morgan fingerprint density at radius 1 is 1.03 bits per heavy atom. The number of hydroxylamine groups is 1. The molecule has 8 nitrogen and oxygen atoms in total. The minimum atomic E-state index is -0.940. The number of nitrogens with zero attached hydrogens (tertiary/aromatic N) is 1. The number of likely N-dealkylation sites (tertiary alicyclic amines) is 1. The van der Waals surface area contributed by atoms with Crippen LogP contribution in [0.3, 0.4) is 0 Å². The van der Waals surface area contributed by atoms with Crippen molar-refractivity contribution in [2.75, 3.05) is 26.2 Å². The van der Waals surface area contributed by atoms with Gasteiger partial charge in [-0.1, -0.05) is 31.2 Å². The van der Waals surface area contributed by atoms with E-state index in [0.29, 0.717) is 31.5 Å². The van der Waals surface area contributed by atoms with E-state index in [-0.39, 0.29) is 37.3 Å². The predicted molar refractivity (Wildman–Crippen MR) is 125 cm³/mol. The van der Waals surface area contributed by atoms with Gasteiger partial charge in [0, 0.05) is 25.2 Å². The average Bonchev–Trinajstić information content (AvgIpc) is 2.88. The summed E-state index contributed by atoms with van der Waals surface area (Å²) in [5, 5.41) is 2.89. The zero-order chi connectivity index (χ0) is 24.6. The molecule has 1 heterocycles. The van der Waals surface area contributed by atoms with Crippen LogP contribution < -0.4 is 16.5 Å². The molecule has 182 valence electrons. The van der Waals surface area contributed by atoms with Crippen molar-refractivity contribution >= 4 is 17.7 Å². The van der Waals surface area contributed by atoms with Gasteiger partial charge in [0.15, 0.2) is 0 Å². The Hall–Kier alpha value is -3.30. The number of nitrogens with two attached hydrogens (primary N) is 1. The number of rotatable bonds is 9. The molecule has 0 saturated carbocycles. The Morgan fingerprint density at radius 3 is 2.24 bits per heavy atom. The molecular formula is C25H31FN4O4. The first kappa shape index (κ1) is 25.3. The highest BCUT2D eigenvalue weighted by molar-refractivity contribution is 5.93. The Labute approximate surface area is 198 Å². The van der Waals surface area contributed by atoms with Gasteiger partial charge in [-0.25, -0.2) is 9.87 Å². The fourth-order valence-electron chi connectivity index (χ4n) is 3.91. The van der Waals surface area contributed by atoms with E-state index in [2.05, 4.69) is 10.8 Å². The van der Waals surface area contributed by atoms with E-state index in [4.69, 9.17) is 10.6 Å². The van der Waals surface area contributed by atoms with Crippen LogP contribution in [-0.4, -0.2) is 48.9 Å². The van der Waals surface area contributed by atoms with E-state index in [0.717, 1.165) is 17.5 Å². The molecule has 1 aliphatic rings. The largest absolute Gasteiger partial charge is 0.351 e. The lowest BCUT2D eigenvalue weighted by Gasteiger charge is -2.40. The van der Waals surface area contributed by atoms with Gasteiger partial charge in [-0.3, -0.25) is 19.2 Å². The second-order valence-electron chi connectivity index (χ2n) is 8.44. The molecule has 0 unspecified atom stereocenters. The summed E-state index contributed by atoms with van der Waals surface area (Å²) in [4.78, 5) is 44.8. The Kier molecular flexibility index (Phi) is 8.72. The van der Waals surface area contributed by atoms with Gasteiger partial charge in [0.1, 0.15) is 5.82 Å². The molecule has 2 aromatic rings. The van der Waals surface area contributed by atoms with Crippen LogP contribution in [-0.2, 0) is 27.4 Å². The van der Waals surface area contributed by atoms with Gasteiger partial charge >= 0.3 is 0 Å². The zero-order valence-corrected chi connectivity index (χ0v) is 19.3. The van der Waals surface area contributed by atoms with Crippen molar-refractivity contribution in [1.29, 1.82) is 0 Å². The smallest absolute Gasteiger partial charge is 0.274 e. The monoisotopic (exact) mass is 470 g/mol. The number of carbonyl (C=O) groups is 3. The molecule has 3 amide bonds. The number of hydrogen-bond acceptors (Lipinski definition) is 5. The molecular weight excluding hydrogens is 439 g/mol. The predicted octanol–water partition coefficient (Wildman–Crippen LogP) is 1.93. The summed E-state index contributed by atoms with van der Waals surface area (Å²) < 4.78 is 13.2. The summed E-state index contributed by atoms with van der Waals surface area (Å²) in [6.45, 7) is 2.83. The number of benzene rings is 2. The normalized spacial score (nSPS) is 15.0. The van der Waals surface area contributed by atoms with E-state index >= 15 is 0 Å². The lowest BCUT2D eigenvalue weighted by Crippen LogP contribution is -2.53. The fraction of sp³-hybridized carbons (Fsp3) is 0.400. The highest BCUT2D eigenvalue weighted by atomic mass is 19.1. The zero-order valence-electron chi connectivity index (χ0n) is 19.3. The first-order valence-electron chi connectivity index (χ1n) is 11.4. The van der Waals surface area contributed by atoms with Crippen LogP contribution >= 0.6 is 0 Å². The van der Waals surface area contributed by atoms with Gasteiger partial charge in [-0.05, 0) is 54.7 Å². The maximum absolute atomic E-state index is 13.2. The van der Waals surface area contributed by atoms with Gasteiger partial charge in [0.2, 0.25) is 11.8 Å². The topological polar surface area (TPSA) is 114 Å². The van der Waals surface area contributed by atoms with Gasteiger partial charge in [-0.2, -0.15) is 0 Å². The quantitative estimate of drug-likeness (QED) is 0.485. The minimum Gasteiger partial charge on any atom is -0.351 e. The SMILES string of the molecule is CCc1ccc(C(=O)NOCC2(C(=O)NCc3ccc(F)cc3)CCN(C(=O)CN)CC2)cc1. The van der Waals surface area contributed by atoms with Gasteiger partial charge < -0.3 is 16.0 Å². The van der Waals surface area contributed by atoms with Crippen LogP contribution in [0.15, 0.2) is 48.5 Å². The third-order valence-electron chi connectivity index (χ3n) is 6.23. The minimum absolute atomic E-state index is 0.0499. The lowest BCUT2D eigenvalue weighted by molar-refractivity contribution is -0.145. The van der Waals surface area contributed by atoms with Crippen molar-refractivity contribution in [2.45, 2.75) is 32.7 Å².